The van der Waals surface area contributed by atoms with E-state index in [1.165, 1.54) is 25.0 Å². The van der Waals surface area contributed by atoms with Crippen molar-refractivity contribution in [1.82, 2.24) is 0 Å². The first-order valence-electron chi connectivity index (χ1n) is 6.42. The number of nitrogens with one attached hydrogen (secondary N) is 1. The van der Waals surface area contributed by atoms with Crippen molar-refractivity contribution in [2.75, 3.05) is 25.1 Å². The molecule has 0 aromatic heterocycles. The quantitative estimate of drug-likeness (QED) is 0.451. The minimum absolute atomic E-state index is 0.0447. The topological polar surface area (TPSA) is 64.4 Å². The van der Waals surface area contributed by atoms with Crippen LogP contribution in [0.4, 0.5) is 11.4 Å². The van der Waals surface area contributed by atoms with Gasteiger partial charge in [-0.3, -0.25) is 10.1 Å². The van der Waals surface area contributed by atoms with E-state index in [0.29, 0.717) is 23.9 Å². The molecule has 1 aromatic rings. The van der Waals surface area contributed by atoms with Crippen molar-refractivity contribution in [2.45, 2.75) is 19.3 Å². The van der Waals surface area contributed by atoms with Gasteiger partial charge in [-0.2, -0.15) is 0 Å². The predicted molar refractivity (Wildman–Crippen MR) is 74.8 cm³/mol. The van der Waals surface area contributed by atoms with Gasteiger partial charge in [-0.05, 0) is 37.3 Å². The van der Waals surface area contributed by atoms with Gasteiger partial charge in [0.05, 0.1) is 4.92 Å². The number of nitrogens with zero attached hydrogens (tertiary/aromatic N) is 1. The fourth-order valence-corrected chi connectivity index (χ4v) is 1.91. The Balaban J connectivity index is 1.74. The lowest BCUT2D eigenvalue weighted by Gasteiger charge is -2.08. The number of benzene rings is 1. The molecule has 104 valence electrons. The Bertz CT molecular complexity index is 450. The van der Waals surface area contributed by atoms with Gasteiger partial charge >= 0.3 is 0 Å². The summed E-state index contributed by atoms with van der Waals surface area (Å²) in [6.07, 6.45) is 3.39. The molecule has 0 heterocycles. The zero-order valence-corrected chi connectivity index (χ0v) is 11.4. The first kappa shape index (κ1) is 14.1. The standard InChI is InChI=1S/C13H17ClN2O3/c14-11-4-5-13(16(17)18)12(8-11)15-6-1-7-19-9-10-2-3-10/h4-5,8,10,15H,1-3,6-7,9H2. The molecule has 2 rings (SSSR count). The summed E-state index contributed by atoms with van der Waals surface area (Å²) in [5.74, 6) is 0.766. The van der Waals surface area contributed by atoms with Crippen molar-refractivity contribution in [3.05, 3.63) is 33.3 Å². The molecule has 0 aliphatic heterocycles. The van der Waals surface area contributed by atoms with E-state index in [4.69, 9.17) is 16.3 Å². The maximum atomic E-state index is 10.8. The van der Waals surface area contributed by atoms with Gasteiger partial charge in [-0.1, -0.05) is 11.6 Å². The van der Waals surface area contributed by atoms with Gasteiger partial charge in [0.25, 0.3) is 5.69 Å². The highest BCUT2D eigenvalue weighted by Crippen LogP contribution is 2.29. The van der Waals surface area contributed by atoms with Crippen molar-refractivity contribution in [3.63, 3.8) is 0 Å². The maximum absolute atomic E-state index is 10.8. The number of anilines is 1. The summed E-state index contributed by atoms with van der Waals surface area (Å²) in [6, 6.07) is 4.50. The van der Waals surface area contributed by atoms with Gasteiger partial charge < -0.3 is 10.1 Å². The monoisotopic (exact) mass is 284 g/mol. The Morgan fingerprint density at radius 1 is 1.47 bits per heavy atom. The largest absolute Gasteiger partial charge is 0.381 e. The van der Waals surface area contributed by atoms with Gasteiger partial charge in [0, 0.05) is 30.8 Å². The Labute approximate surface area is 117 Å². The first-order chi connectivity index (χ1) is 9.16. The second kappa shape index (κ2) is 6.73. The highest BCUT2D eigenvalue weighted by Gasteiger charge is 2.20. The van der Waals surface area contributed by atoms with E-state index >= 15 is 0 Å². The fraction of sp³-hybridized carbons (Fsp3) is 0.538. The molecule has 0 atom stereocenters. The van der Waals surface area contributed by atoms with E-state index in [-0.39, 0.29) is 5.69 Å². The van der Waals surface area contributed by atoms with Crippen LogP contribution in [-0.4, -0.2) is 24.7 Å². The highest BCUT2D eigenvalue weighted by atomic mass is 35.5. The lowest BCUT2D eigenvalue weighted by Crippen LogP contribution is -2.08. The molecule has 1 N–H and O–H groups in total. The summed E-state index contributed by atoms with van der Waals surface area (Å²) in [6.45, 7) is 2.15. The fourth-order valence-electron chi connectivity index (χ4n) is 1.74. The maximum Gasteiger partial charge on any atom is 0.292 e. The molecule has 0 saturated heterocycles. The van der Waals surface area contributed by atoms with Crippen LogP contribution in [0.5, 0.6) is 0 Å². The van der Waals surface area contributed by atoms with Crippen molar-refractivity contribution in [1.29, 1.82) is 0 Å². The number of ether oxygens (including phenoxy) is 1. The zero-order chi connectivity index (χ0) is 13.7. The summed E-state index contributed by atoms with van der Waals surface area (Å²) >= 11 is 5.84. The smallest absolute Gasteiger partial charge is 0.292 e. The van der Waals surface area contributed by atoms with E-state index in [2.05, 4.69) is 5.32 Å². The van der Waals surface area contributed by atoms with Crippen LogP contribution in [0.15, 0.2) is 18.2 Å². The van der Waals surface area contributed by atoms with Crippen LogP contribution in [0.25, 0.3) is 0 Å². The van der Waals surface area contributed by atoms with Crippen LogP contribution in [0.3, 0.4) is 0 Å². The Kier molecular flexibility index (Phi) is 4.99. The lowest BCUT2D eigenvalue weighted by atomic mass is 10.2. The Morgan fingerprint density at radius 2 is 2.26 bits per heavy atom. The van der Waals surface area contributed by atoms with Crippen molar-refractivity contribution in [2.24, 2.45) is 5.92 Å². The summed E-state index contributed by atoms with van der Waals surface area (Å²) in [5.41, 5.74) is 0.503. The molecule has 1 aliphatic rings. The third-order valence-corrected chi connectivity index (χ3v) is 3.22. The SMILES string of the molecule is O=[N+]([O-])c1ccc(Cl)cc1NCCCOCC1CC1. The van der Waals surface area contributed by atoms with E-state index in [0.717, 1.165) is 18.9 Å². The van der Waals surface area contributed by atoms with Gasteiger partial charge in [0.2, 0.25) is 0 Å². The second-order valence-electron chi connectivity index (χ2n) is 4.72. The molecular weight excluding hydrogens is 268 g/mol. The highest BCUT2D eigenvalue weighted by molar-refractivity contribution is 6.31. The molecule has 0 amide bonds. The summed E-state index contributed by atoms with van der Waals surface area (Å²) < 4.78 is 5.50. The molecule has 6 heteroatoms. The minimum atomic E-state index is -0.414. The molecule has 0 bridgehead atoms. The van der Waals surface area contributed by atoms with Gasteiger partial charge in [-0.25, -0.2) is 0 Å². The Hall–Kier alpha value is -1.33. The average Bonchev–Trinajstić information content (AvgIpc) is 3.17. The van der Waals surface area contributed by atoms with Crippen LogP contribution in [0, 0.1) is 16.0 Å². The number of hydrogen-bond donors (Lipinski definition) is 1. The molecule has 0 radical (unpaired) electrons. The number of rotatable bonds is 8. The molecule has 1 aromatic carbocycles. The summed E-state index contributed by atoms with van der Waals surface area (Å²) in [5, 5.41) is 14.4. The van der Waals surface area contributed by atoms with Crippen molar-refractivity contribution < 1.29 is 9.66 Å². The van der Waals surface area contributed by atoms with Crippen LogP contribution in [-0.2, 0) is 4.74 Å². The van der Waals surface area contributed by atoms with Crippen molar-refractivity contribution >= 4 is 23.0 Å². The third kappa shape index (κ3) is 4.69. The molecular formula is C13H17ClN2O3. The number of halogens is 1. The molecule has 19 heavy (non-hydrogen) atoms. The molecule has 1 fully saturated rings. The molecule has 0 unspecified atom stereocenters. The normalized spacial score (nSPS) is 14.4. The van der Waals surface area contributed by atoms with Crippen LogP contribution >= 0.6 is 11.6 Å². The van der Waals surface area contributed by atoms with Crippen LogP contribution < -0.4 is 5.32 Å². The van der Waals surface area contributed by atoms with E-state index in [9.17, 15) is 10.1 Å². The summed E-state index contributed by atoms with van der Waals surface area (Å²) in [4.78, 5) is 10.4. The molecule has 1 saturated carbocycles. The number of nitro benzene ring substituents is 1. The predicted octanol–water partition coefficient (Wildman–Crippen LogP) is 3.48. The number of nitro groups is 1. The lowest BCUT2D eigenvalue weighted by molar-refractivity contribution is -0.384. The zero-order valence-electron chi connectivity index (χ0n) is 10.6. The van der Waals surface area contributed by atoms with Crippen LogP contribution in [0.2, 0.25) is 5.02 Å². The van der Waals surface area contributed by atoms with E-state index < -0.39 is 4.92 Å². The molecule has 0 spiro atoms. The summed E-state index contributed by atoms with van der Waals surface area (Å²) in [7, 11) is 0. The second-order valence-corrected chi connectivity index (χ2v) is 5.15. The van der Waals surface area contributed by atoms with Crippen LogP contribution in [0.1, 0.15) is 19.3 Å². The van der Waals surface area contributed by atoms with Gasteiger partial charge in [0.15, 0.2) is 0 Å². The third-order valence-electron chi connectivity index (χ3n) is 2.99. The Morgan fingerprint density at radius 3 is 2.95 bits per heavy atom. The van der Waals surface area contributed by atoms with Gasteiger partial charge in [-0.15, -0.1) is 0 Å². The first-order valence-corrected chi connectivity index (χ1v) is 6.80. The minimum Gasteiger partial charge on any atom is -0.381 e. The number of hydrogen-bond acceptors (Lipinski definition) is 4. The van der Waals surface area contributed by atoms with E-state index in [1.807, 2.05) is 0 Å². The van der Waals surface area contributed by atoms with Crippen molar-refractivity contribution in [3.8, 4) is 0 Å². The van der Waals surface area contributed by atoms with E-state index in [1.54, 1.807) is 6.07 Å². The molecule has 1 aliphatic carbocycles. The molecule has 5 nitrogen and oxygen atoms in total. The average molecular weight is 285 g/mol. The van der Waals surface area contributed by atoms with Gasteiger partial charge in [0.1, 0.15) is 5.69 Å².